The molecule has 1 aromatic rings. The lowest BCUT2D eigenvalue weighted by Crippen LogP contribution is -2.37. The Balaban J connectivity index is 2.24. The van der Waals surface area contributed by atoms with Gasteiger partial charge in [0.15, 0.2) is 0 Å². The summed E-state index contributed by atoms with van der Waals surface area (Å²) < 4.78 is 5.20. The topological polar surface area (TPSA) is 95.5 Å². The lowest BCUT2D eigenvalue weighted by atomic mass is 10.3. The average Bonchev–Trinajstić information content (AvgIpc) is 2.28. The Labute approximate surface area is 97.0 Å². The van der Waals surface area contributed by atoms with E-state index in [1.165, 1.54) is 6.07 Å². The molecule has 0 atom stereocenters. The quantitative estimate of drug-likeness (QED) is 0.719. The van der Waals surface area contributed by atoms with E-state index in [1.807, 2.05) is 4.90 Å². The van der Waals surface area contributed by atoms with Gasteiger partial charge < -0.3 is 19.7 Å². The number of H-pyrrole nitrogens is 1. The van der Waals surface area contributed by atoms with E-state index >= 15 is 0 Å². The maximum absolute atomic E-state index is 11.4. The minimum atomic E-state index is -1.02. The van der Waals surface area contributed by atoms with E-state index in [1.54, 1.807) is 0 Å². The Morgan fingerprint density at radius 2 is 2.24 bits per heavy atom. The van der Waals surface area contributed by atoms with E-state index in [4.69, 9.17) is 9.84 Å². The van der Waals surface area contributed by atoms with Crippen LogP contribution in [0.1, 0.15) is 5.82 Å². The fraction of sp³-hybridized carbons (Fsp3) is 0.500. The van der Waals surface area contributed by atoms with Crippen molar-refractivity contribution in [1.82, 2.24) is 9.97 Å². The van der Waals surface area contributed by atoms with Gasteiger partial charge in [0.25, 0.3) is 5.56 Å². The van der Waals surface area contributed by atoms with Crippen LogP contribution in [0.5, 0.6) is 0 Å². The minimum Gasteiger partial charge on any atom is -0.481 e. The monoisotopic (exact) mass is 239 g/mol. The molecule has 1 aromatic heterocycles. The molecular weight excluding hydrogens is 226 g/mol. The van der Waals surface area contributed by atoms with Crippen LogP contribution in [0.3, 0.4) is 0 Å². The van der Waals surface area contributed by atoms with Crippen molar-refractivity contribution >= 4 is 11.8 Å². The second-order valence-electron chi connectivity index (χ2n) is 3.72. The van der Waals surface area contributed by atoms with Gasteiger partial charge in [-0.05, 0) is 0 Å². The predicted molar refractivity (Wildman–Crippen MR) is 59.2 cm³/mol. The van der Waals surface area contributed by atoms with Gasteiger partial charge in [-0.2, -0.15) is 0 Å². The van der Waals surface area contributed by atoms with Gasteiger partial charge in [-0.15, -0.1) is 0 Å². The van der Waals surface area contributed by atoms with Crippen LogP contribution in [0.25, 0.3) is 0 Å². The standard InChI is InChI=1S/C10H13N3O4/c14-9-6-8(13-1-3-17-4-2-13)11-7(12-9)5-10(15)16/h6H,1-5H2,(H,15,16)(H,11,12,14). The molecule has 0 aromatic carbocycles. The fourth-order valence-electron chi connectivity index (χ4n) is 1.68. The molecule has 0 aliphatic carbocycles. The zero-order valence-corrected chi connectivity index (χ0v) is 9.18. The van der Waals surface area contributed by atoms with Crippen LogP contribution in [0, 0.1) is 0 Å². The number of aromatic nitrogens is 2. The molecule has 0 unspecified atom stereocenters. The Morgan fingerprint density at radius 1 is 1.53 bits per heavy atom. The Hall–Kier alpha value is -1.89. The molecule has 2 rings (SSSR count). The fourth-order valence-corrected chi connectivity index (χ4v) is 1.68. The molecule has 0 amide bonds. The largest absolute Gasteiger partial charge is 0.481 e. The maximum atomic E-state index is 11.4. The van der Waals surface area contributed by atoms with Gasteiger partial charge in [0, 0.05) is 19.2 Å². The molecule has 1 fully saturated rings. The number of ether oxygens (including phenoxy) is 1. The highest BCUT2D eigenvalue weighted by Crippen LogP contribution is 2.10. The first kappa shape index (κ1) is 11.6. The molecule has 1 saturated heterocycles. The van der Waals surface area contributed by atoms with E-state index in [0.29, 0.717) is 32.1 Å². The highest BCUT2D eigenvalue weighted by atomic mass is 16.5. The van der Waals surface area contributed by atoms with Crippen molar-refractivity contribution < 1.29 is 14.6 Å². The molecule has 7 nitrogen and oxygen atoms in total. The average molecular weight is 239 g/mol. The Kier molecular flexibility index (Phi) is 3.38. The van der Waals surface area contributed by atoms with Crippen LogP contribution >= 0.6 is 0 Å². The van der Waals surface area contributed by atoms with Crippen molar-refractivity contribution in [3.8, 4) is 0 Å². The molecule has 7 heteroatoms. The van der Waals surface area contributed by atoms with Crippen LogP contribution < -0.4 is 10.5 Å². The molecule has 0 spiro atoms. The van der Waals surface area contributed by atoms with Gasteiger partial charge >= 0.3 is 5.97 Å². The number of rotatable bonds is 3. The van der Waals surface area contributed by atoms with E-state index < -0.39 is 5.97 Å². The summed E-state index contributed by atoms with van der Waals surface area (Å²) in [4.78, 5) is 30.4. The number of nitrogens with zero attached hydrogens (tertiary/aromatic N) is 2. The third-order valence-corrected chi connectivity index (χ3v) is 2.43. The van der Waals surface area contributed by atoms with Gasteiger partial charge in [-0.25, -0.2) is 4.98 Å². The van der Waals surface area contributed by atoms with Gasteiger partial charge in [0.1, 0.15) is 18.1 Å². The minimum absolute atomic E-state index is 0.173. The SMILES string of the molecule is O=C(O)Cc1nc(N2CCOCC2)cc(=O)[nH]1. The van der Waals surface area contributed by atoms with Crippen LogP contribution in [-0.4, -0.2) is 47.3 Å². The summed E-state index contributed by atoms with van der Waals surface area (Å²) in [5.41, 5.74) is -0.335. The first-order valence-electron chi connectivity index (χ1n) is 5.30. The number of aliphatic carboxylic acids is 1. The zero-order valence-electron chi connectivity index (χ0n) is 9.18. The maximum Gasteiger partial charge on any atom is 0.311 e. The summed E-state index contributed by atoms with van der Waals surface area (Å²) in [7, 11) is 0. The summed E-state index contributed by atoms with van der Waals surface area (Å²) in [6, 6.07) is 1.37. The molecule has 92 valence electrons. The van der Waals surface area contributed by atoms with Crippen LogP contribution in [0.2, 0.25) is 0 Å². The normalized spacial score (nSPS) is 15.9. The lowest BCUT2D eigenvalue weighted by molar-refractivity contribution is -0.136. The van der Waals surface area contributed by atoms with Crippen molar-refractivity contribution in [3.05, 3.63) is 22.2 Å². The molecule has 0 bridgehead atoms. The summed E-state index contributed by atoms with van der Waals surface area (Å²) in [6.07, 6.45) is -0.284. The summed E-state index contributed by atoms with van der Waals surface area (Å²) in [5.74, 6) is -0.341. The molecule has 1 aliphatic heterocycles. The third kappa shape index (κ3) is 3.04. The first-order valence-corrected chi connectivity index (χ1v) is 5.30. The molecule has 2 heterocycles. The lowest BCUT2D eigenvalue weighted by Gasteiger charge is -2.27. The number of morpholine rings is 1. The molecular formula is C10H13N3O4. The van der Waals surface area contributed by atoms with Crippen molar-refractivity contribution in [2.75, 3.05) is 31.2 Å². The highest BCUT2D eigenvalue weighted by Gasteiger charge is 2.14. The number of anilines is 1. The summed E-state index contributed by atoms with van der Waals surface area (Å²) in [6.45, 7) is 2.48. The van der Waals surface area contributed by atoms with Crippen molar-refractivity contribution in [2.24, 2.45) is 0 Å². The number of carbonyl (C=O) groups is 1. The van der Waals surface area contributed by atoms with E-state index in [2.05, 4.69) is 9.97 Å². The van der Waals surface area contributed by atoms with Crippen molar-refractivity contribution in [1.29, 1.82) is 0 Å². The number of carboxylic acids is 1. The van der Waals surface area contributed by atoms with E-state index in [9.17, 15) is 9.59 Å². The highest BCUT2D eigenvalue weighted by molar-refractivity contribution is 5.69. The molecule has 2 N–H and O–H groups in total. The van der Waals surface area contributed by atoms with Gasteiger partial charge in [0.2, 0.25) is 0 Å². The van der Waals surface area contributed by atoms with Crippen molar-refractivity contribution in [3.63, 3.8) is 0 Å². The van der Waals surface area contributed by atoms with Gasteiger partial charge in [-0.1, -0.05) is 0 Å². The molecule has 0 saturated carbocycles. The smallest absolute Gasteiger partial charge is 0.311 e. The number of aromatic amines is 1. The van der Waals surface area contributed by atoms with E-state index in [0.717, 1.165) is 0 Å². The second-order valence-corrected chi connectivity index (χ2v) is 3.72. The zero-order chi connectivity index (χ0) is 12.3. The number of hydrogen-bond donors (Lipinski definition) is 2. The molecule has 1 aliphatic rings. The molecule has 0 radical (unpaired) electrons. The van der Waals surface area contributed by atoms with Gasteiger partial charge in [-0.3, -0.25) is 9.59 Å². The number of nitrogens with one attached hydrogen (secondary N) is 1. The Morgan fingerprint density at radius 3 is 2.88 bits per heavy atom. The second kappa shape index (κ2) is 4.96. The van der Waals surface area contributed by atoms with E-state index in [-0.39, 0.29) is 17.8 Å². The van der Waals surface area contributed by atoms with Crippen LogP contribution in [0.4, 0.5) is 5.82 Å². The van der Waals surface area contributed by atoms with Gasteiger partial charge in [0.05, 0.1) is 13.2 Å². The molecule has 17 heavy (non-hydrogen) atoms. The first-order chi connectivity index (χ1) is 8.15. The summed E-state index contributed by atoms with van der Waals surface area (Å²) >= 11 is 0. The van der Waals surface area contributed by atoms with Crippen LogP contribution in [-0.2, 0) is 16.0 Å². The number of hydrogen-bond acceptors (Lipinski definition) is 5. The predicted octanol–water partition coefficient (Wildman–Crippen LogP) is -0.766. The van der Waals surface area contributed by atoms with Crippen molar-refractivity contribution in [2.45, 2.75) is 6.42 Å². The number of carboxylic acid groups (broad SMARTS) is 1. The van der Waals surface area contributed by atoms with Crippen LogP contribution in [0.15, 0.2) is 10.9 Å². The third-order valence-electron chi connectivity index (χ3n) is 2.43. The Bertz CT molecular complexity index is 465. The summed E-state index contributed by atoms with van der Waals surface area (Å²) in [5, 5.41) is 8.66.